The van der Waals surface area contributed by atoms with Gasteiger partial charge in [-0.3, -0.25) is 0 Å². The van der Waals surface area contributed by atoms with Gasteiger partial charge in [0.05, 0.1) is 0 Å². The Labute approximate surface area is 95.9 Å². The van der Waals surface area contributed by atoms with Crippen LogP contribution in [0.15, 0.2) is 42.7 Å². The highest BCUT2D eigenvalue weighted by Gasteiger charge is 2.11. The summed E-state index contributed by atoms with van der Waals surface area (Å²) >= 11 is 0. The van der Waals surface area contributed by atoms with Crippen molar-refractivity contribution in [3.05, 3.63) is 54.4 Å². The minimum atomic E-state index is -0.579. The normalized spacial score (nSPS) is 10.9. The summed E-state index contributed by atoms with van der Waals surface area (Å²) in [4.78, 5) is 7.08. The zero-order valence-corrected chi connectivity index (χ0v) is 8.74. The van der Waals surface area contributed by atoms with Crippen molar-refractivity contribution in [1.29, 1.82) is 0 Å². The predicted octanol–water partition coefficient (Wildman–Crippen LogP) is 3.51. The first-order valence-electron chi connectivity index (χ1n) is 5.13. The van der Waals surface area contributed by atoms with Crippen LogP contribution in [0.4, 0.5) is 8.78 Å². The Kier molecular flexibility index (Phi) is 2.14. The first-order valence-corrected chi connectivity index (χ1v) is 5.13. The Bertz CT molecular complexity index is 689. The van der Waals surface area contributed by atoms with Crippen LogP contribution in [0.2, 0.25) is 0 Å². The third kappa shape index (κ3) is 1.58. The monoisotopic (exact) mass is 230 g/mol. The lowest BCUT2D eigenvalue weighted by Crippen LogP contribution is -1.85. The van der Waals surface area contributed by atoms with Crippen LogP contribution in [0, 0.1) is 11.6 Å². The number of fused-ring (bicyclic) bond motifs is 1. The first kappa shape index (κ1) is 9.96. The molecular formula is C13H8F2N2. The zero-order chi connectivity index (χ0) is 11.8. The number of halogens is 2. The molecule has 0 spiro atoms. The van der Waals surface area contributed by atoms with E-state index in [4.69, 9.17) is 0 Å². The first-order chi connectivity index (χ1) is 8.25. The van der Waals surface area contributed by atoms with Gasteiger partial charge in [0.15, 0.2) is 0 Å². The molecule has 0 aliphatic rings. The number of aromatic nitrogens is 2. The second-order valence-corrected chi connectivity index (χ2v) is 3.73. The maximum absolute atomic E-state index is 13.7. The molecule has 0 amide bonds. The highest BCUT2D eigenvalue weighted by atomic mass is 19.1. The van der Waals surface area contributed by atoms with Gasteiger partial charge >= 0.3 is 0 Å². The summed E-state index contributed by atoms with van der Waals surface area (Å²) < 4.78 is 26.5. The third-order valence-electron chi connectivity index (χ3n) is 2.67. The molecule has 0 saturated heterocycles. The van der Waals surface area contributed by atoms with E-state index in [1.165, 1.54) is 12.1 Å². The maximum atomic E-state index is 13.7. The molecule has 2 aromatic heterocycles. The van der Waals surface area contributed by atoms with Crippen molar-refractivity contribution in [2.45, 2.75) is 0 Å². The lowest BCUT2D eigenvalue weighted by atomic mass is 10.1. The number of H-pyrrole nitrogens is 1. The van der Waals surface area contributed by atoms with Crippen molar-refractivity contribution in [1.82, 2.24) is 9.97 Å². The molecule has 2 heterocycles. The number of aromatic amines is 1. The summed E-state index contributed by atoms with van der Waals surface area (Å²) in [5, 5.41) is 0.818. The van der Waals surface area contributed by atoms with Crippen LogP contribution >= 0.6 is 0 Å². The van der Waals surface area contributed by atoms with E-state index in [0.717, 1.165) is 11.5 Å². The van der Waals surface area contributed by atoms with Crippen LogP contribution in [0.25, 0.3) is 22.2 Å². The minimum Gasteiger partial charge on any atom is -0.346 e. The highest BCUT2D eigenvalue weighted by Crippen LogP contribution is 2.29. The standard InChI is InChI=1S/C13H8F2N2/c14-8-3-4-9(12(15)6-8)11-7-17-13-10(11)2-1-5-16-13/h1-7H,(H,16,17). The Morgan fingerprint density at radius 3 is 2.76 bits per heavy atom. The molecular weight excluding hydrogens is 222 g/mol. The van der Waals surface area contributed by atoms with Crippen molar-refractivity contribution >= 4 is 11.0 Å². The number of pyridine rings is 1. The van der Waals surface area contributed by atoms with Gasteiger partial charge in [0.1, 0.15) is 17.3 Å². The summed E-state index contributed by atoms with van der Waals surface area (Å²) in [6.45, 7) is 0. The zero-order valence-electron chi connectivity index (χ0n) is 8.74. The number of hydrogen-bond acceptors (Lipinski definition) is 1. The summed E-state index contributed by atoms with van der Waals surface area (Å²) in [6, 6.07) is 7.18. The van der Waals surface area contributed by atoms with E-state index in [0.29, 0.717) is 16.8 Å². The fourth-order valence-corrected chi connectivity index (χ4v) is 1.89. The van der Waals surface area contributed by atoms with Crippen molar-refractivity contribution in [2.24, 2.45) is 0 Å². The van der Waals surface area contributed by atoms with Crippen molar-refractivity contribution in [3.8, 4) is 11.1 Å². The topological polar surface area (TPSA) is 28.7 Å². The van der Waals surface area contributed by atoms with Crippen LogP contribution in [0.3, 0.4) is 0 Å². The molecule has 0 atom stereocenters. The van der Waals surface area contributed by atoms with Crippen molar-refractivity contribution < 1.29 is 8.78 Å². The van der Waals surface area contributed by atoms with E-state index in [2.05, 4.69) is 9.97 Å². The number of nitrogens with one attached hydrogen (secondary N) is 1. The highest BCUT2D eigenvalue weighted by molar-refractivity contribution is 5.93. The molecule has 0 unspecified atom stereocenters. The summed E-state index contributed by atoms with van der Waals surface area (Å²) in [6.07, 6.45) is 3.33. The van der Waals surface area contributed by atoms with Crippen molar-refractivity contribution in [3.63, 3.8) is 0 Å². The maximum Gasteiger partial charge on any atom is 0.137 e. The summed E-state index contributed by atoms with van der Waals surface area (Å²) in [5.74, 6) is -1.15. The lowest BCUT2D eigenvalue weighted by Gasteiger charge is -2.01. The molecule has 1 aromatic carbocycles. The molecule has 0 radical (unpaired) electrons. The molecule has 3 aromatic rings. The van der Waals surface area contributed by atoms with E-state index in [9.17, 15) is 8.78 Å². The molecule has 0 bridgehead atoms. The van der Waals surface area contributed by atoms with Gasteiger partial charge in [-0.2, -0.15) is 0 Å². The van der Waals surface area contributed by atoms with Gasteiger partial charge < -0.3 is 4.98 Å². The number of rotatable bonds is 1. The molecule has 0 fully saturated rings. The molecule has 17 heavy (non-hydrogen) atoms. The second-order valence-electron chi connectivity index (χ2n) is 3.73. The lowest BCUT2D eigenvalue weighted by molar-refractivity contribution is 0.585. The average Bonchev–Trinajstić information content (AvgIpc) is 2.73. The van der Waals surface area contributed by atoms with Crippen molar-refractivity contribution in [2.75, 3.05) is 0 Å². The van der Waals surface area contributed by atoms with Gasteiger partial charge in [-0.05, 0) is 24.3 Å². The van der Waals surface area contributed by atoms with Crippen LogP contribution in [-0.4, -0.2) is 9.97 Å². The Morgan fingerprint density at radius 2 is 1.94 bits per heavy atom. The summed E-state index contributed by atoms with van der Waals surface area (Å²) in [5.41, 5.74) is 1.74. The van der Waals surface area contributed by atoms with E-state index >= 15 is 0 Å². The van der Waals surface area contributed by atoms with E-state index < -0.39 is 11.6 Å². The molecule has 1 N–H and O–H groups in total. The Morgan fingerprint density at radius 1 is 1.06 bits per heavy atom. The average molecular weight is 230 g/mol. The van der Waals surface area contributed by atoms with Crippen LogP contribution in [0.5, 0.6) is 0 Å². The third-order valence-corrected chi connectivity index (χ3v) is 2.67. The van der Waals surface area contributed by atoms with Gasteiger partial charge in [-0.15, -0.1) is 0 Å². The van der Waals surface area contributed by atoms with Crippen LogP contribution in [0.1, 0.15) is 0 Å². The molecule has 84 valence electrons. The number of benzene rings is 1. The largest absolute Gasteiger partial charge is 0.346 e. The SMILES string of the molecule is Fc1ccc(-c2c[nH]c3ncccc23)c(F)c1. The molecule has 0 saturated carbocycles. The van der Waals surface area contributed by atoms with E-state index in [-0.39, 0.29) is 0 Å². The van der Waals surface area contributed by atoms with E-state index in [1.807, 2.05) is 6.07 Å². The molecule has 0 aliphatic heterocycles. The van der Waals surface area contributed by atoms with Gasteiger partial charge in [0.2, 0.25) is 0 Å². The fraction of sp³-hybridized carbons (Fsp3) is 0. The van der Waals surface area contributed by atoms with Crippen LogP contribution in [-0.2, 0) is 0 Å². The number of nitrogens with zero attached hydrogens (tertiary/aromatic N) is 1. The van der Waals surface area contributed by atoms with Crippen LogP contribution < -0.4 is 0 Å². The van der Waals surface area contributed by atoms with E-state index in [1.54, 1.807) is 18.5 Å². The fourth-order valence-electron chi connectivity index (χ4n) is 1.89. The minimum absolute atomic E-state index is 0.366. The van der Waals surface area contributed by atoms with Gasteiger partial charge in [0, 0.05) is 35.0 Å². The molecule has 3 rings (SSSR count). The Hall–Kier alpha value is -2.23. The number of hydrogen-bond donors (Lipinski definition) is 1. The molecule has 0 aliphatic carbocycles. The quantitative estimate of drug-likeness (QED) is 0.680. The Balaban J connectivity index is 2.27. The second kappa shape index (κ2) is 3.66. The molecule has 4 heteroatoms. The smallest absolute Gasteiger partial charge is 0.137 e. The van der Waals surface area contributed by atoms with Gasteiger partial charge in [-0.1, -0.05) is 0 Å². The summed E-state index contributed by atoms with van der Waals surface area (Å²) in [7, 11) is 0. The van der Waals surface area contributed by atoms with Gasteiger partial charge in [-0.25, -0.2) is 13.8 Å². The van der Waals surface area contributed by atoms with Gasteiger partial charge in [0.25, 0.3) is 0 Å². The predicted molar refractivity (Wildman–Crippen MR) is 61.4 cm³/mol. The molecule has 2 nitrogen and oxygen atoms in total.